The van der Waals surface area contributed by atoms with E-state index in [2.05, 4.69) is 15.9 Å². The number of benzene rings is 2. The molecule has 0 aliphatic carbocycles. The number of aliphatic hydroxyl groups excluding tert-OH is 1. The summed E-state index contributed by atoms with van der Waals surface area (Å²) >= 11 is 3.13. The van der Waals surface area contributed by atoms with Gasteiger partial charge in [-0.15, -0.1) is 0 Å². The third-order valence-corrected chi connectivity index (χ3v) is 7.42. The lowest BCUT2D eigenvalue weighted by Gasteiger charge is -2.27. The van der Waals surface area contributed by atoms with Gasteiger partial charge in [0.25, 0.3) is 0 Å². The number of halogens is 1. The maximum atomic E-state index is 11.7. The molecule has 0 fully saturated rings. The molecule has 2 rings (SSSR count). The fourth-order valence-corrected chi connectivity index (χ4v) is 2.79. The van der Waals surface area contributed by atoms with Crippen molar-refractivity contribution in [1.29, 1.82) is 0 Å². The van der Waals surface area contributed by atoms with Gasteiger partial charge in [0.05, 0.1) is 0 Å². The van der Waals surface area contributed by atoms with Crippen LogP contribution in [0.2, 0.25) is 0 Å². The Morgan fingerprint density at radius 3 is 1.95 bits per heavy atom. The van der Waals surface area contributed by atoms with Crippen molar-refractivity contribution in [3.8, 4) is 11.1 Å². The van der Waals surface area contributed by atoms with E-state index in [1.807, 2.05) is 42.5 Å². The van der Waals surface area contributed by atoms with Crippen molar-refractivity contribution in [2.45, 2.75) is 16.7 Å². The molecule has 0 heterocycles. The lowest BCUT2D eigenvalue weighted by atomic mass is 10.0. The predicted molar refractivity (Wildman–Crippen MR) is 89.0 cm³/mol. The van der Waals surface area contributed by atoms with E-state index >= 15 is 0 Å². The molecule has 5 heteroatoms. The summed E-state index contributed by atoms with van der Waals surface area (Å²) in [5.74, 6) is 0. The summed E-state index contributed by atoms with van der Waals surface area (Å²) in [6.07, 6.45) is -0.0409. The van der Waals surface area contributed by atoms with Gasteiger partial charge in [0.2, 0.25) is 0 Å². The van der Waals surface area contributed by atoms with Crippen LogP contribution in [0.15, 0.2) is 54.6 Å². The van der Waals surface area contributed by atoms with E-state index in [1.54, 1.807) is 12.1 Å². The largest absolute Gasteiger partial charge is 0.386 e. The molecule has 2 aromatic rings. The summed E-state index contributed by atoms with van der Waals surface area (Å²) in [6, 6.07) is 17.1. The second-order valence-electron chi connectivity index (χ2n) is 5.15. The normalized spacial score (nSPS) is 16.2. The second kappa shape index (κ2) is 5.91. The number of aliphatic hydroxyl groups is 1. The van der Waals surface area contributed by atoms with E-state index in [-0.39, 0.29) is 0 Å². The van der Waals surface area contributed by atoms with Gasteiger partial charge in [0.15, 0.2) is 13.5 Å². The lowest BCUT2D eigenvalue weighted by Crippen LogP contribution is -2.34. The molecule has 112 valence electrons. The van der Waals surface area contributed by atoms with E-state index in [9.17, 15) is 13.5 Å². The third-order valence-electron chi connectivity index (χ3n) is 3.55. The van der Waals surface area contributed by atoms with Crippen LogP contribution in [0, 0.1) is 0 Å². The first-order chi connectivity index (χ1) is 9.73. The minimum Gasteiger partial charge on any atom is -0.386 e. The van der Waals surface area contributed by atoms with Gasteiger partial charge in [-0.3, -0.25) is 0 Å². The standard InChI is InChI=1S/C16H17BrO3S/c1-16(17,21(2,19)20)15(18)14-10-8-13(9-11-14)12-6-4-3-5-7-12/h3-11,15,18H,1-2H3. The molecule has 3 nitrogen and oxygen atoms in total. The number of hydrogen-bond donors (Lipinski definition) is 1. The molecule has 0 bridgehead atoms. The second-order valence-corrected chi connectivity index (χ2v) is 9.71. The van der Waals surface area contributed by atoms with Crippen molar-refractivity contribution >= 4 is 25.8 Å². The SMILES string of the molecule is CC(Br)(C(O)c1ccc(-c2ccccc2)cc1)S(C)(=O)=O. The van der Waals surface area contributed by atoms with E-state index in [4.69, 9.17) is 0 Å². The highest BCUT2D eigenvalue weighted by molar-refractivity contribution is 9.11. The first-order valence-electron chi connectivity index (χ1n) is 6.45. The van der Waals surface area contributed by atoms with Gasteiger partial charge in [-0.05, 0) is 23.6 Å². The molecule has 0 radical (unpaired) electrons. The highest BCUT2D eigenvalue weighted by Gasteiger charge is 2.41. The smallest absolute Gasteiger partial charge is 0.165 e. The Bertz CT molecular complexity index is 707. The Hall–Kier alpha value is -1.17. The molecular weight excluding hydrogens is 352 g/mol. The van der Waals surface area contributed by atoms with E-state index < -0.39 is 19.6 Å². The van der Waals surface area contributed by atoms with E-state index in [0.29, 0.717) is 5.56 Å². The zero-order valence-electron chi connectivity index (χ0n) is 11.8. The van der Waals surface area contributed by atoms with Crippen molar-refractivity contribution in [3.05, 3.63) is 60.2 Å². The summed E-state index contributed by atoms with van der Waals surface area (Å²) in [7, 11) is -3.45. The van der Waals surface area contributed by atoms with Crippen LogP contribution < -0.4 is 0 Å². The Balaban J connectivity index is 2.32. The zero-order chi connectivity index (χ0) is 15.7. The molecular formula is C16H17BrO3S. The third kappa shape index (κ3) is 3.36. The van der Waals surface area contributed by atoms with Crippen LogP contribution in [0.1, 0.15) is 18.6 Å². The van der Waals surface area contributed by atoms with Crippen LogP contribution in [-0.2, 0) is 9.84 Å². The Kier molecular flexibility index (Phi) is 4.56. The molecule has 0 amide bonds. The number of rotatable bonds is 4. The first-order valence-corrected chi connectivity index (χ1v) is 9.14. The van der Waals surface area contributed by atoms with Crippen LogP contribution in [0.5, 0.6) is 0 Å². The van der Waals surface area contributed by atoms with Crippen molar-refractivity contribution in [2.75, 3.05) is 6.26 Å². The van der Waals surface area contributed by atoms with Gasteiger partial charge < -0.3 is 5.11 Å². The average molecular weight is 369 g/mol. The molecule has 0 aliphatic heterocycles. The topological polar surface area (TPSA) is 54.4 Å². The van der Waals surface area contributed by atoms with Crippen LogP contribution in [-0.4, -0.2) is 23.4 Å². The van der Waals surface area contributed by atoms with Crippen LogP contribution in [0.25, 0.3) is 11.1 Å². The van der Waals surface area contributed by atoms with Gasteiger partial charge in [-0.1, -0.05) is 70.5 Å². The monoisotopic (exact) mass is 368 g/mol. The molecule has 2 unspecified atom stereocenters. The maximum absolute atomic E-state index is 11.7. The summed E-state index contributed by atoms with van der Waals surface area (Å²) < 4.78 is 22.1. The van der Waals surface area contributed by atoms with Gasteiger partial charge in [0, 0.05) is 6.26 Å². The molecule has 21 heavy (non-hydrogen) atoms. The average Bonchev–Trinajstić information content (AvgIpc) is 2.46. The van der Waals surface area contributed by atoms with E-state index in [1.165, 1.54) is 6.92 Å². The van der Waals surface area contributed by atoms with Crippen molar-refractivity contribution < 1.29 is 13.5 Å². The fraction of sp³-hybridized carbons (Fsp3) is 0.250. The molecule has 0 aromatic heterocycles. The Morgan fingerprint density at radius 2 is 1.48 bits per heavy atom. The van der Waals surface area contributed by atoms with Crippen molar-refractivity contribution in [1.82, 2.24) is 0 Å². The summed E-state index contributed by atoms with van der Waals surface area (Å²) in [4.78, 5) is 0. The molecule has 0 saturated heterocycles. The Morgan fingerprint density at radius 1 is 1.00 bits per heavy atom. The van der Waals surface area contributed by atoms with Gasteiger partial charge >= 0.3 is 0 Å². The highest BCUT2D eigenvalue weighted by atomic mass is 79.9. The van der Waals surface area contributed by atoms with Gasteiger partial charge in [-0.25, -0.2) is 8.42 Å². The fourth-order valence-electron chi connectivity index (χ4n) is 1.99. The Labute approximate surface area is 133 Å². The lowest BCUT2D eigenvalue weighted by molar-refractivity contribution is 0.168. The number of sulfone groups is 1. The number of hydrogen-bond acceptors (Lipinski definition) is 3. The summed E-state index contributed by atoms with van der Waals surface area (Å²) in [6.45, 7) is 1.46. The predicted octanol–water partition coefficient (Wildman–Crippen LogP) is 3.54. The van der Waals surface area contributed by atoms with Crippen molar-refractivity contribution in [3.63, 3.8) is 0 Å². The van der Waals surface area contributed by atoms with Crippen LogP contribution in [0.3, 0.4) is 0 Å². The minimum atomic E-state index is -3.45. The molecule has 2 atom stereocenters. The highest BCUT2D eigenvalue weighted by Crippen LogP contribution is 2.38. The summed E-state index contributed by atoms with van der Waals surface area (Å²) in [5, 5.41) is 10.3. The van der Waals surface area contributed by atoms with Crippen LogP contribution >= 0.6 is 15.9 Å². The molecule has 0 saturated carbocycles. The molecule has 0 aliphatic rings. The van der Waals surface area contributed by atoms with E-state index in [0.717, 1.165) is 17.4 Å². The molecule has 1 N–H and O–H groups in total. The van der Waals surface area contributed by atoms with Crippen molar-refractivity contribution in [2.24, 2.45) is 0 Å². The zero-order valence-corrected chi connectivity index (χ0v) is 14.2. The minimum absolute atomic E-state index is 0.555. The van der Waals surface area contributed by atoms with Gasteiger partial charge in [-0.2, -0.15) is 0 Å². The van der Waals surface area contributed by atoms with Crippen LogP contribution in [0.4, 0.5) is 0 Å². The molecule has 0 spiro atoms. The molecule has 2 aromatic carbocycles. The first kappa shape index (κ1) is 16.2. The van der Waals surface area contributed by atoms with Gasteiger partial charge in [0.1, 0.15) is 6.10 Å². The quantitative estimate of drug-likeness (QED) is 0.839. The maximum Gasteiger partial charge on any atom is 0.165 e. The number of alkyl halides is 1. The summed E-state index contributed by atoms with van der Waals surface area (Å²) in [5.41, 5.74) is 2.64.